The van der Waals surface area contributed by atoms with Crippen LogP contribution in [0.15, 0.2) is 194 Å². The number of nitrogens with zero attached hydrogens (tertiary/aromatic N) is 2. The molecule has 0 saturated carbocycles. The summed E-state index contributed by atoms with van der Waals surface area (Å²) in [5.41, 5.74) is 9.09. The molecule has 0 N–H and O–H groups in total. The second-order valence-electron chi connectivity index (χ2n) is 14.8. The average molecular weight is 709 g/mol. The van der Waals surface area contributed by atoms with E-state index in [2.05, 4.69) is 175 Å². The maximum atomic E-state index is 4.74. The van der Waals surface area contributed by atoms with Gasteiger partial charge >= 0.3 is 0 Å². The molecule has 2 aromatic heterocycles. The van der Waals surface area contributed by atoms with Gasteiger partial charge in [0, 0.05) is 23.2 Å². The van der Waals surface area contributed by atoms with Crippen molar-refractivity contribution in [1.29, 1.82) is 0 Å². The monoisotopic (exact) mass is 708 g/mol. The summed E-state index contributed by atoms with van der Waals surface area (Å²) in [6.07, 6.45) is 3.69. The summed E-state index contributed by atoms with van der Waals surface area (Å²) >= 11 is 0. The van der Waals surface area contributed by atoms with Crippen molar-refractivity contribution in [3.63, 3.8) is 0 Å². The Bertz CT molecular complexity index is 3580. The van der Waals surface area contributed by atoms with Crippen LogP contribution in [0.3, 0.4) is 0 Å². The van der Waals surface area contributed by atoms with Gasteiger partial charge in [-0.15, -0.1) is 0 Å². The van der Waals surface area contributed by atoms with Gasteiger partial charge in [-0.25, -0.2) is 0 Å². The zero-order valence-corrected chi connectivity index (χ0v) is 30.4. The van der Waals surface area contributed by atoms with Gasteiger partial charge in [0.05, 0.1) is 11.0 Å². The zero-order chi connectivity index (χ0) is 36.7. The topological polar surface area (TPSA) is 25.8 Å². The number of hydrogen-bond acceptors (Lipinski definition) is 2. The van der Waals surface area contributed by atoms with Crippen molar-refractivity contribution >= 4 is 86.4 Å². The molecular formula is C54H32N2. The van der Waals surface area contributed by atoms with Crippen LogP contribution in [0.5, 0.6) is 0 Å². The number of benzene rings is 9. The lowest BCUT2D eigenvalue weighted by molar-refractivity contribution is 1.37. The van der Waals surface area contributed by atoms with E-state index in [1.165, 1.54) is 86.9 Å². The molecular weight excluding hydrogens is 677 g/mol. The quantitative estimate of drug-likeness (QED) is 0.171. The molecule has 0 amide bonds. The fourth-order valence-electron chi connectivity index (χ4n) is 9.46. The van der Waals surface area contributed by atoms with Gasteiger partial charge in [-0.3, -0.25) is 9.97 Å². The summed E-state index contributed by atoms with van der Waals surface area (Å²) in [4.78, 5) is 9.40. The van der Waals surface area contributed by atoms with Crippen molar-refractivity contribution < 1.29 is 0 Å². The highest BCUT2D eigenvalue weighted by Crippen LogP contribution is 2.46. The Kier molecular flexibility index (Phi) is 6.66. The molecule has 0 aliphatic rings. The molecule has 0 aliphatic heterocycles. The third kappa shape index (κ3) is 4.50. The van der Waals surface area contributed by atoms with Crippen molar-refractivity contribution in [1.82, 2.24) is 9.97 Å². The van der Waals surface area contributed by atoms with Gasteiger partial charge in [0.25, 0.3) is 0 Å². The molecule has 56 heavy (non-hydrogen) atoms. The summed E-state index contributed by atoms with van der Waals surface area (Å²) in [6.45, 7) is 0. The SMILES string of the molecule is c1cnc2c(c1)cc(-c1ccc(-c3ccc(-c4cc5cccc6c7ccccc7c7ccccc7c7cccc4c7c56)c4ccccc34)cc1)c1cccnc12. The van der Waals surface area contributed by atoms with Gasteiger partial charge in [0.1, 0.15) is 0 Å². The standard InChI is InChI=1S/C54H32N2/c1-2-14-39-38(13-1)37(33-23-25-34(26-24-33)49-32-36-12-9-29-55-53(36)54-48(49)22-10-30-56-54)27-28-44(39)50-31-35-11-7-19-45-42-17-5-3-15-40(42)41-16-4-6-18-43(41)46-20-8-21-47(50)52(46)51(35)45/h1-32H. The summed E-state index contributed by atoms with van der Waals surface area (Å²) in [5, 5.41) is 17.5. The minimum atomic E-state index is 0.932. The van der Waals surface area contributed by atoms with Crippen LogP contribution < -0.4 is 0 Å². The second kappa shape index (κ2) is 12.0. The fourth-order valence-corrected chi connectivity index (χ4v) is 9.46. The van der Waals surface area contributed by atoms with Gasteiger partial charge in [0.15, 0.2) is 0 Å². The van der Waals surface area contributed by atoms with Crippen molar-refractivity contribution in [2.45, 2.75) is 0 Å². The number of fused-ring (bicyclic) bond motifs is 9. The largest absolute Gasteiger partial charge is 0.254 e. The van der Waals surface area contributed by atoms with E-state index in [4.69, 9.17) is 4.98 Å². The van der Waals surface area contributed by atoms with Crippen LogP contribution in [-0.4, -0.2) is 9.97 Å². The van der Waals surface area contributed by atoms with Gasteiger partial charge in [-0.2, -0.15) is 0 Å². The molecule has 2 heteroatoms. The molecule has 0 saturated heterocycles. The number of hydrogen-bond donors (Lipinski definition) is 0. The number of aromatic nitrogens is 2. The fraction of sp³-hybridized carbons (Fsp3) is 0. The lowest BCUT2D eigenvalue weighted by Gasteiger charge is -2.18. The predicted molar refractivity (Wildman–Crippen MR) is 238 cm³/mol. The molecule has 0 atom stereocenters. The third-order valence-corrected chi connectivity index (χ3v) is 11.9. The zero-order valence-electron chi connectivity index (χ0n) is 30.4. The average Bonchev–Trinajstić information content (AvgIpc) is 3.27. The second-order valence-corrected chi connectivity index (χ2v) is 14.8. The first-order chi connectivity index (χ1) is 27.8. The van der Waals surface area contributed by atoms with Crippen LogP contribution >= 0.6 is 0 Å². The number of pyridine rings is 2. The van der Waals surface area contributed by atoms with Crippen LogP contribution in [0.25, 0.3) is 120 Å². The Morgan fingerprint density at radius 1 is 0.250 bits per heavy atom. The van der Waals surface area contributed by atoms with Gasteiger partial charge in [0.2, 0.25) is 0 Å². The van der Waals surface area contributed by atoms with Crippen LogP contribution in [-0.2, 0) is 0 Å². The Morgan fingerprint density at radius 2 is 0.714 bits per heavy atom. The molecule has 258 valence electrons. The summed E-state index contributed by atoms with van der Waals surface area (Å²) < 4.78 is 0. The normalized spacial score (nSPS) is 11.9. The van der Waals surface area contributed by atoms with Crippen LogP contribution in [0.1, 0.15) is 0 Å². The number of rotatable bonds is 3. The maximum absolute atomic E-state index is 4.74. The first-order valence-corrected chi connectivity index (χ1v) is 19.2. The van der Waals surface area contributed by atoms with Crippen LogP contribution in [0.2, 0.25) is 0 Å². The molecule has 0 unspecified atom stereocenters. The van der Waals surface area contributed by atoms with E-state index in [1.807, 2.05) is 24.5 Å². The molecule has 0 radical (unpaired) electrons. The van der Waals surface area contributed by atoms with E-state index in [1.54, 1.807) is 0 Å². The minimum Gasteiger partial charge on any atom is -0.254 e. The molecule has 2 heterocycles. The molecule has 0 spiro atoms. The molecule has 12 aromatic rings. The summed E-state index contributed by atoms with van der Waals surface area (Å²) in [7, 11) is 0. The Hall–Kier alpha value is -7.42. The van der Waals surface area contributed by atoms with Crippen molar-refractivity contribution in [3.05, 3.63) is 194 Å². The van der Waals surface area contributed by atoms with Crippen molar-refractivity contribution in [2.24, 2.45) is 0 Å². The van der Waals surface area contributed by atoms with E-state index >= 15 is 0 Å². The highest BCUT2D eigenvalue weighted by atomic mass is 14.7. The van der Waals surface area contributed by atoms with Crippen LogP contribution in [0.4, 0.5) is 0 Å². The molecule has 2 nitrogen and oxygen atoms in total. The van der Waals surface area contributed by atoms with Gasteiger partial charge in [-0.1, -0.05) is 158 Å². The smallest absolute Gasteiger partial charge is 0.0970 e. The molecule has 0 fully saturated rings. The third-order valence-electron chi connectivity index (χ3n) is 11.9. The van der Waals surface area contributed by atoms with E-state index in [-0.39, 0.29) is 0 Å². The Balaban J connectivity index is 1.08. The van der Waals surface area contributed by atoms with E-state index in [0.717, 1.165) is 32.9 Å². The minimum absolute atomic E-state index is 0.932. The molecule has 0 aliphatic carbocycles. The summed E-state index contributed by atoms with van der Waals surface area (Å²) in [6, 6.07) is 67.0. The van der Waals surface area contributed by atoms with E-state index < -0.39 is 0 Å². The van der Waals surface area contributed by atoms with Gasteiger partial charge < -0.3 is 0 Å². The van der Waals surface area contributed by atoms with Crippen molar-refractivity contribution in [2.75, 3.05) is 0 Å². The first kappa shape index (κ1) is 31.0. The van der Waals surface area contributed by atoms with Crippen LogP contribution in [0, 0.1) is 0 Å². The van der Waals surface area contributed by atoms with Crippen molar-refractivity contribution in [3.8, 4) is 33.4 Å². The van der Waals surface area contributed by atoms with E-state index in [9.17, 15) is 0 Å². The molecule has 0 bridgehead atoms. The molecule has 10 aromatic carbocycles. The lowest BCUT2D eigenvalue weighted by Crippen LogP contribution is -1.91. The predicted octanol–water partition coefficient (Wildman–Crippen LogP) is 14.7. The Morgan fingerprint density at radius 3 is 1.43 bits per heavy atom. The first-order valence-electron chi connectivity index (χ1n) is 19.2. The van der Waals surface area contributed by atoms with E-state index in [0.29, 0.717) is 0 Å². The molecule has 12 rings (SSSR count). The highest BCUT2D eigenvalue weighted by molar-refractivity contribution is 6.34. The van der Waals surface area contributed by atoms with Gasteiger partial charge in [-0.05, 0) is 122 Å². The lowest BCUT2D eigenvalue weighted by atomic mass is 9.85. The summed E-state index contributed by atoms with van der Waals surface area (Å²) in [5.74, 6) is 0. The maximum Gasteiger partial charge on any atom is 0.0970 e. The highest BCUT2D eigenvalue weighted by Gasteiger charge is 2.18. The Labute approximate surface area is 322 Å².